The van der Waals surface area contributed by atoms with Gasteiger partial charge >= 0.3 is 5.97 Å². The Labute approximate surface area is 123 Å². The van der Waals surface area contributed by atoms with Crippen LogP contribution >= 0.6 is 0 Å². The SMILES string of the molecule is CCOC(=O)C1(c2nccc(S(C)(=O)=O)n2)CC2CC2C1. The highest BCUT2D eigenvalue weighted by atomic mass is 32.2. The Balaban J connectivity index is 2.03. The van der Waals surface area contributed by atoms with Crippen molar-refractivity contribution in [1.82, 2.24) is 9.97 Å². The first-order chi connectivity index (χ1) is 9.87. The molecule has 2 unspecified atom stereocenters. The Morgan fingerprint density at radius 1 is 1.43 bits per heavy atom. The summed E-state index contributed by atoms with van der Waals surface area (Å²) in [5, 5.41) is -0.0447. The summed E-state index contributed by atoms with van der Waals surface area (Å²) in [7, 11) is -3.43. The van der Waals surface area contributed by atoms with Crippen LogP contribution in [0.4, 0.5) is 0 Å². The van der Waals surface area contributed by atoms with Crippen LogP contribution in [0.15, 0.2) is 17.3 Å². The zero-order chi connectivity index (χ0) is 15.3. The minimum atomic E-state index is -3.43. The third-order valence-corrected chi connectivity index (χ3v) is 5.38. The second-order valence-electron chi connectivity index (χ2n) is 5.96. The number of hydrogen-bond donors (Lipinski definition) is 0. The number of rotatable bonds is 4. The topological polar surface area (TPSA) is 86.2 Å². The van der Waals surface area contributed by atoms with Gasteiger partial charge in [0.15, 0.2) is 14.9 Å². The van der Waals surface area contributed by atoms with E-state index < -0.39 is 15.3 Å². The quantitative estimate of drug-likeness (QED) is 0.611. The predicted octanol–water partition coefficient (Wildman–Crippen LogP) is 1.11. The van der Waals surface area contributed by atoms with E-state index >= 15 is 0 Å². The lowest BCUT2D eigenvalue weighted by Gasteiger charge is -2.26. The fraction of sp³-hybridized carbons (Fsp3) is 0.643. The molecule has 2 fully saturated rings. The van der Waals surface area contributed by atoms with Crippen LogP contribution in [0.1, 0.15) is 32.0 Å². The molecule has 1 aromatic heterocycles. The van der Waals surface area contributed by atoms with E-state index in [2.05, 4.69) is 9.97 Å². The smallest absolute Gasteiger partial charge is 0.319 e. The van der Waals surface area contributed by atoms with Gasteiger partial charge in [-0.3, -0.25) is 4.79 Å². The van der Waals surface area contributed by atoms with E-state index in [4.69, 9.17) is 4.74 Å². The Bertz CT molecular complexity index is 676. The number of fused-ring (bicyclic) bond motifs is 1. The minimum absolute atomic E-state index is 0.0447. The number of carbonyl (C=O) groups is 1. The van der Waals surface area contributed by atoms with E-state index in [1.807, 2.05) is 0 Å². The zero-order valence-corrected chi connectivity index (χ0v) is 12.9. The highest BCUT2D eigenvalue weighted by molar-refractivity contribution is 7.90. The fourth-order valence-electron chi connectivity index (χ4n) is 3.28. The molecule has 114 valence electrons. The first-order valence-electron chi connectivity index (χ1n) is 7.07. The van der Waals surface area contributed by atoms with Gasteiger partial charge in [0.05, 0.1) is 6.61 Å². The van der Waals surface area contributed by atoms with Crippen LogP contribution in [0.25, 0.3) is 0 Å². The summed E-state index contributed by atoms with van der Waals surface area (Å²) in [4.78, 5) is 20.8. The van der Waals surface area contributed by atoms with Crippen LogP contribution in [0.5, 0.6) is 0 Å². The average molecular weight is 310 g/mol. The van der Waals surface area contributed by atoms with Crippen molar-refractivity contribution >= 4 is 15.8 Å². The van der Waals surface area contributed by atoms with Crippen molar-refractivity contribution in [3.8, 4) is 0 Å². The molecule has 0 spiro atoms. The molecular formula is C14H18N2O4S. The van der Waals surface area contributed by atoms with Crippen molar-refractivity contribution in [1.29, 1.82) is 0 Å². The van der Waals surface area contributed by atoms with Gasteiger partial charge in [0.2, 0.25) is 0 Å². The number of aromatic nitrogens is 2. The molecular weight excluding hydrogens is 292 g/mol. The lowest BCUT2D eigenvalue weighted by Crippen LogP contribution is -2.38. The maximum absolute atomic E-state index is 12.4. The lowest BCUT2D eigenvalue weighted by atomic mass is 9.82. The molecule has 0 saturated heterocycles. The van der Waals surface area contributed by atoms with Crippen LogP contribution in [-0.4, -0.2) is 37.2 Å². The lowest BCUT2D eigenvalue weighted by molar-refractivity contribution is -0.150. The number of ether oxygens (including phenoxy) is 1. The number of carbonyl (C=O) groups excluding carboxylic acids is 1. The Morgan fingerprint density at radius 3 is 2.67 bits per heavy atom. The number of esters is 1. The van der Waals surface area contributed by atoms with Crippen molar-refractivity contribution in [2.45, 2.75) is 36.6 Å². The summed E-state index contributed by atoms with van der Waals surface area (Å²) < 4.78 is 28.5. The van der Waals surface area contributed by atoms with Crippen LogP contribution in [0.2, 0.25) is 0 Å². The largest absolute Gasteiger partial charge is 0.465 e. The standard InChI is InChI=1S/C14H18N2O4S/c1-3-20-13(17)14(7-9-6-10(9)8-14)12-15-5-4-11(16-12)21(2,18)19/h4-5,9-10H,3,6-8H2,1-2H3. The second-order valence-corrected chi connectivity index (χ2v) is 7.92. The Hall–Kier alpha value is -1.50. The van der Waals surface area contributed by atoms with Gasteiger partial charge < -0.3 is 4.74 Å². The summed E-state index contributed by atoms with van der Waals surface area (Å²) in [5.41, 5.74) is -0.871. The average Bonchev–Trinajstić information content (AvgIpc) is 3.05. The third-order valence-electron chi connectivity index (χ3n) is 4.39. The Morgan fingerprint density at radius 2 is 2.10 bits per heavy atom. The Kier molecular flexibility index (Phi) is 3.27. The van der Waals surface area contributed by atoms with Gasteiger partial charge in [-0.1, -0.05) is 0 Å². The van der Waals surface area contributed by atoms with Gasteiger partial charge in [0, 0.05) is 12.5 Å². The molecule has 6 nitrogen and oxygen atoms in total. The molecule has 0 aliphatic heterocycles. The monoisotopic (exact) mass is 310 g/mol. The molecule has 2 aliphatic carbocycles. The molecule has 1 heterocycles. The second kappa shape index (κ2) is 4.76. The van der Waals surface area contributed by atoms with E-state index in [1.165, 1.54) is 12.3 Å². The van der Waals surface area contributed by atoms with Gasteiger partial charge in [-0.15, -0.1) is 0 Å². The first kappa shape index (κ1) is 14.4. The fourth-order valence-corrected chi connectivity index (χ4v) is 3.84. The third kappa shape index (κ3) is 2.43. The van der Waals surface area contributed by atoms with E-state index in [0.29, 0.717) is 31.3 Å². The highest BCUT2D eigenvalue weighted by Gasteiger charge is 2.60. The summed E-state index contributed by atoms with van der Waals surface area (Å²) >= 11 is 0. The number of nitrogens with zero attached hydrogens (tertiary/aromatic N) is 2. The van der Waals surface area contributed by atoms with E-state index in [1.54, 1.807) is 6.92 Å². The van der Waals surface area contributed by atoms with Crippen molar-refractivity contribution in [3.63, 3.8) is 0 Å². The number of hydrogen-bond acceptors (Lipinski definition) is 6. The molecule has 21 heavy (non-hydrogen) atoms. The molecule has 7 heteroatoms. The summed E-state index contributed by atoms with van der Waals surface area (Å²) in [5.74, 6) is 0.985. The molecule has 0 radical (unpaired) electrons. The van der Waals surface area contributed by atoms with Gasteiger partial charge in [-0.25, -0.2) is 18.4 Å². The van der Waals surface area contributed by atoms with Crippen molar-refractivity contribution in [2.24, 2.45) is 11.8 Å². The predicted molar refractivity (Wildman–Crippen MR) is 74.3 cm³/mol. The van der Waals surface area contributed by atoms with Gasteiger partial charge in [-0.05, 0) is 44.1 Å². The maximum Gasteiger partial charge on any atom is 0.319 e. The maximum atomic E-state index is 12.4. The van der Waals surface area contributed by atoms with Crippen molar-refractivity contribution in [3.05, 3.63) is 18.1 Å². The number of sulfone groups is 1. The normalized spacial score (nSPS) is 30.8. The molecule has 0 aromatic carbocycles. The first-order valence-corrected chi connectivity index (χ1v) is 8.97. The van der Waals surface area contributed by atoms with Crippen LogP contribution < -0.4 is 0 Å². The van der Waals surface area contributed by atoms with Crippen LogP contribution in [0, 0.1) is 11.8 Å². The molecule has 0 amide bonds. The molecule has 2 atom stereocenters. The molecule has 2 aliphatic rings. The van der Waals surface area contributed by atoms with Crippen LogP contribution in [0.3, 0.4) is 0 Å². The summed E-state index contributed by atoms with van der Waals surface area (Å²) in [6, 6.07) is 1.35. The van der Waals surface area contributed by atoms with Gasteiger partial charge in [0.1, 0.15) is 11.2 Å². The van der Waals surface area contributed by atoms with Crippen molar-refractivity contribution < 1.29 is 17.9 Å². The van der Waals surface area contributed by atoms with Gasteiger partial charge in [0.25, 0.3) is 0 Å². The highest BCUT2D eigenvalue weighted by Crippen LogP contribution is 2.60. The molecule has 0 bridgehead atoms. The van der Waals surface area contributed by atoms with E-state index in [-0.39, 0.29) is 16.8 Å². The summed E-state index contributed by atoms with van der Waals surface area (Å²) in [6.07, 6.45) is 4.95. The van der Waals surface area contributed by atoms with Gasteiger partial charge in [-0.2, -0.15) is 0 Å². The molecule has 0 N–H and O–H groups in total. The molecule has 3 rings (SSSR count). The van der Waals surface area contributed by atoms with E-state index in [9.17, 15) is 13.2 Å². The molecule has 1 aromatic rings. The van der Waals surface area contributed by atoms with Crippen LogP contribution in [-0.2, 0) is 24.8 Å². The minimum Gasteiger partial charge on any atom is -0.465 e. The van der Waals surface area contributed by atoms with E-state index in [0.717, 1.165) is 12.7 Å². The molecule has 2 saturated carbocycles. The zero-order valence-electron chi connectivity index (χ0n) is 12.1. The summed E-state index contributed by atoms with van der Waals surface area (Å²) in [6.45, 7) is 2.05. The van der Waals surface area contributed by atoms with Crippen molar-refractivity contribution in [2.75, 3.05) is 12.9 Å².